The first-order valence-electron chi connectivity index (χ1n) is 6.01. The number of nitrogens with one attached hydrogen (secondary N) is 1. The molecule has 1 amide bonds. The second-order valence-electron chi connectivity index (χ2n) is 4.36. The molecule has 0 bridgehead atoms. The number of alkyl halides is 3. The number of benzene rings is 1. The van der Waals surface area contributed by atoms with E-state index in [1.807, 2.05) is 5.32 Å². The average Bonchev–Trinajstić information content (AvgIpc) is 2.47. The molecule has 0 saturated carbocycles. The summed E-state index contributed by atoms with van der Waals surface area (Å²) < 4.78 is 52.1. The summed E-state index contributed by atoms with van der Waals surface area (Å²) in [6, 6.07) is 4.65. The molecule has 0 saturated heterocycles. The van der Waals surface area contributed by atoms with Gasteiger partial charge in [0.25, 0.3) is 0 Å². The first kappa shape index (κ1) is 16.2. The zero-order valence-electron chi connectivity index (χ0n) is 10.9. The van der Waals surface area contributed by atoms with Crippen LogP contribution in [0.25, 0.3) is 0 Å². The molecule has 0 radical (unpaired) electrons. The topological polar surface area (TPSA) is 42.0 Å². The number of aromatic nitrogens is 1. The second-order valence-corrected chi connectivity index (χ2v) is 4.84. The van der Waals surface area contributed by atoms with E-state index in [1.54, 1.807) is 0 Å². The average molecular weight is 333 g/mol. The summed E-state index contributed by atoms with van der Waals surface area (Å²) in [5.74, 6) is -4.02. The van der Waals surface area contributed by atoms with E-state index in [0.717, 1.165) is 12.1 Å². The summed E-state index contributed by atoms with van der Waals surface area (Å²) in [5.41, 5.74) is 0.379. The highest BCUT2D eigenvalue weighted by molar-refractivity contribution is 6.32. The van der Waals surface area contributed by atoms with Gasteiger partial charge < -0.3 is 5.32 Å². The van der Waals surface area contributed by atoms with E-state index >= 15 is 0 Å². The molecule has 1 aromatic carbocycles. The molecule has 1 unspecified atom stereocenters. The monoisotopic (exact) mass is 332 g/mol. The number of hydrogen-bond acceptors (Lipinski definition) is 2. The minimum atomic E-state index is -4.13. The zero-order chi connectivity index (χ0) is 16.3. The van der Waals surface area contributed by atoms with Crippen molar-refractivity contribution in [3.63, 3.8) is 0 Å². The van der Waals surface area contributed by atoms with Gasteiger partial charge >= 0.3 is 11.3 Å². The van der Waals surface area contributed by atoms with Crippen LogP contribution in [-0.4, -0.2) is 16.3 Å². The van der Waals surface area contributed by atoms with Crippen molar-refractivity contribution in [2.45, 2.75) is 11.4 Å². The largest absolute Gasteiger partial charge is 0.399 e. The Morgan fingerprint density at radius 1 is 1.18 bits per heavy atom. The van der Waals surface area contributed by atoms with Crippen molar-refractivity contribution in [2.75, 3.05) is 0 Å². The Morgan fingerprint density at radius 2 is 1.91 bits per heavy atom. The van der Waals surface area contributed by atoms with Gasteiger partial charge in [0.05, 0.1) is 6.04 Å². The minimum Gasteiger partial charge on any atom is -0.339 e. The third-order valence-corrected chi connectivity index (χ3v) is 3.00. The third kappa shape index (κ3) is 3.73. The van der Waals surface area contributed by atoms with E-state index in [1.165, 1.54) is 30.6 Å². The number of amides is 1. The second kappa shape index (κ2) is 6.31. The van der Waals surface area contributed by atoms with E-state index in [9.17, 15) is 22.4 Å². The van der Waals surface area contributed by atoms with Gasteiger partial charge in [0.1, 0.15) is 0 Å². The molecule has 2 rings (SSSR count). The van der Waals surface area contributed by atoms with Crippen LogP contribution < -0.4 is 5.32 Å². The molecule has 0 aliphatic carbocycles. The lowest BCUT2D eigenvalue weighted by Crippen LogP contribution is -2.39. The minimum absolute atomic E-state index is 0.0705. The Kier molecular flexibility index (Phi) is 4.65. The fourth-order valence-corrected chi connectivity index (χ4v) is 1.87. The van der Waals surface area contributed by atoms with E-state index < -0.39 is 29.0 Å². The lowest BCUT2D eigenvalue weighted by molar-refractivity contribution is -0.136. The van der Waals surface area contributed by atoms with Crippen LogP contribution in [0.3, 0.4) is 0 Å². The summed E-state index contributed by atoms with van der Waals surface area (Å²) in [6.07, 6.45) is 2.74. The normalized spacial score (nSPS) is 12.8. The zero-order valence-corrected chi connectivity index (χ0v) is 11.6. The molecule has 1 aromatic heterocycles. The van der Waals surface area contributed by atoms with Gasteiger partial charge in [-0.1, -0.05) is 12.1 Å². The van der Waals surface area contributed by atoms with Crippen LogP contribution in [0.4, 0.5) is 17.6 Å². The molecule has 1 atom stereocenters. The molecule has 3 nitrogen and oxygen atoms in total. The number of halogens is 5. The van der Waals surface area contributed by atoms with Crippen molar-refractivity contribution in [3.05, 3.63) is 65.5 Å². The van der Waals surface area contributed by atoms with Crippen LogP contribution in [-0.2, 0) is 4.79 Å². The number of carbonyl (C=O) groups is 1. The van der Waals surface area contributed by atoms with Crippen LogP contribution in [0.1, 0.15) is 17.2 Å². The van der Waals surface area contributed by atoms with Crippen LogP contribution in [0, 0.1) is 11.6 Å². The Hall–Kier alpha value is -2.15. The molecule has 0 fully saturated rings. The predicted molar refractivity (Wildman–Crippen MR) is 71.4 cm³/mol. The standard InChI is InChI=1S/C14H9ClF4N2O/c15-14(18,19)13(22)21-12(9-2-1-5-20-7-9)8-3-4-10(16)11(17)6-8/h1-7,12H,(H,21,22). The fourth-order valence-electron chi connectivity index (χ4n) is 1.81. The van der Waals surface area contributed by atoms with Crippen molar-refractivity contribution in [1.29, 1.82) is 0 Å². The van der Waals surface area contributed by atoms with Crippen molar-refractivity contribution >= 4 is 17.5 Å². The van der Waals surface area contributed by atoms with Gasteiger partial charge in [0.2, 0.25) is 0 Å². The van der Waals surface area contributed by atoms with Crippen molar-refractivity contribution in [3.8, 4) is 0 Å². The molecule has 2 aromatic rings. The molecule has 8 heteroatoms. The van der Waals surface area contributed by atoms with Crippen molar-refractivity contribution in [1.82, 2.24) is 10.3 Å². The van der Waals surface area contributed by atoms with E-state index in [4.69, 9.17) is 0 Å². The smallest absolute Gasteiger partial charge is 0.339 e. The highest BCUT2D eigenvalue weighted by Crippen LogP contribution is 2.26. The molecule has 22 heavy (non-hydrogen) atoms. The maximum Gasteiger partial charge on any atom is 0.399 e. The number of rotatable bonds is 4. The van der Waals surface area contributed by atoms with E-state index in [0.29, 0.717) is 5.56 Å². The maximum atomic E-state index is 13.3. The van der Waals surface area contributed by atoms with Gasteiger partial charge in [-0.15, -0.1) is 0 Å². The number of carbonyl (C=O) groups excluding carboxylic acids is 1. The van der Waals surface area contributed by atoms with Gasteiger partial charge in [-0.3, -0.25) is 9.78 Å². The summed E-state index contributed by atoms with van der Waals surface area (Å²) >= 11 is 4.66. The van der Waals surface area contributed by atoms with Crippen LogP contribution >= 0.6 is 11.6 Å². The molecule has 116 valence electrons. The van der Waals surface area contributed by atoms with Gasteiger partial charge in [0, 0.05) is 12.4 Å². The fraction of sp³-hybridized carbons (Fsp3) is 0.143. The quantitative estimate of drug-likeness (QED) is 0.689. The molecular weight excluding hydrogens is 324 g/mol. The molecular formula is C14H9ClF4N2O. The van der Waals surface area contributed by atoms with Crippen molar-refractivity contribution < 1.29 is 22.4 Å². The highest BCUT2D eigenvalue weighted by atomic mass is 35.5. The van der Waals surface area contributed by atoms with Crippen LogP contribution in [0.5, 0.6) is 0 Å². The first-order chi connectivity index (χ1) is 10.3. The lowest BCUT2D eigenvalue weighted by atomic mass is 10.00. The molecule has 1 N–H and O–H groups in total. The SMILES string of the molecule is O=C(NC(c1cccnc1)c1ccc(F)c(F)c1)C(F)(F)Cl. The summed E-state index contributed by atoms with van der Waals surface area (Å²) in [4.78, 5) is 15.2. The van der Waals surface area contributed by atoms with Crippen molar-refractivity contribution in [2.24, 2.45) is 0 Å². The Bertz CT molecular complexity index is 676. The highest BCUT2D eigenvalue weighted by Gasteiger charge is 2.37. The number of hydrogen-bond donors (Lipinski definition) is 1. The van der Waals surface area contributed by atoms with E-state index in [-0.39, 0.29) is 5.56 Å². The van der Waals surface area contributed by atoms with E-state index in [2.05, 4.69) is 16.6 Å². The van der Waals surface area contributed by atoms with Gasteiger partial charge in [-0.05, 0) is 40.9 Å². The Balaban J connectivity index is 2.42. The molecule has 1 heterocycles. The number of nitrogens with zero attached hydrogens (tertiary/aromatic N) is 1. The Labute approximate surface area is 127 Å². The molecule has 0 aliphatic heterocycles. The molecule has 0 aliphatic rings. The van der Waals surface area contributed by atoms with Gasteiger partial charge in [-0.25, -0.2) is 8.78 Å². The molecule has 0 spiro atoms. The summed E-state index contributed by atoms with van der Waals surface area (Å²) in [5, 5.41) is -2.14. The summed E-state index contributed by atoms with van der Waals surface area (Å²) in [7, 11) is 0. The first-order valence-corrected chi connectivity index (χ1v) is 6.39. The van der Waals surface area contributed by atoms with Crippen LogP contribution in [0.2, 0.25) is 0 Å². The summed E-state index contributed by atoms with van der Waals surface area (Å²) in [6.45, 7) is 0. The predicted octanol–water partition coefficient (Wildman–Crippen LogP) is 3.40. The Morgan fingerprint density at radius 3 is 2.45 bits per heavy atom. The van der Waals surface area contributed by atoms with Gasteiger partial charge in [0.15, 0.2) is 11.6 Å². The van der Waals surface area contributed by atoms with Crippen LogP contribution in [0.15, 0.2) is 42.7 Å². The maximum absolute atomic E-state index is 13.3. The third-order valence-electron chi connectivity index (χ3n) is 2.83. The van der Waals surface area contributed by atoms with Gasteiger partial charge in [-0.2, -0.15) is 8.78 Å². The number of pyridine rings is 1. The lowest BCUT2D eigenvalue weighted by Gasteiger charge is -2.21.